The second kappa shape index (κ2) is 7.99. The fourth-order valence-electron chi connectivity index (χ4n) is 3.20. The molecule has 0 saturated heterocycles. The van der Waals surface area contributed by atoms with Gasteiger partial charge in [0.05, 0.1) is 32.7 Å². The Morgan fingerprint density at radius 3 is 2.26 bits per heavy atom. The van der Waals surface area contributed by atoms with E-state index in [-0.39, 0.29) is 11.3 Å². The summed E-state index contributed by atoms with van der Waals surface area (Å²) in [6, 6.07) is 21.0. The maximum Gasteiger partial charge on any atom is 0.299 e. The molecule has 1 aromatic heterocycles. The van der Waals surface area contributed by atoms with Crippen LogP contribution in [0.3, 0.4) is 0 Å². The zero-order valence-electron chi connectivity index (χ0n) is 15.9. The van der Waals surface area contributed by atoms with Gasteiger partial charge in [-0.1, -0.05) is 48.5 Å². The van der Waals surface area contributed by atoms with Crippen molar-refractivity contribution in [3.05, 3.63) is 105 Å². The summed E-state index contributed by atoms with van der Waals surface area (Å²) >= 11 is 0. The predicted octanol–water partition coefficient (Wildman–Crippen LogP) is 4.97. The molecule has 0 radical (unpaired) electrons. The molecule has 0 aliphatic heterocycles. The van der Waals surface area contributed by atoms with E-state index < -0.39 is 27.1 Å². The lowest BCUT2D eigenvalue weighted by atomic mass is 10.0. The maximum absolute atomic E-state index is 13.1. The molecular formula is C22H14N4O5. The van der Waals surface area contributed by atoms with Crippen LogP contribution in [0.4, 0.5) is 17.1 Å². The van der Waals surface area contributed by atoms with E-state index in [1.165, 1.54) is 0 Å². The van der Waals surface area contributed by atoms with E-state index in [9.17, 15) is 25.0 Å². The van der Waals surface area contributed by atoms with Crippen LogP contribution in [-0.2, 0) is 0 Å². The molecule has 4 aromatic rings. The number of aromatic nitrogens is 1. The fraction of sp³-hybridized carbons (Fsp3) is 0. The number of nitrogens with zero attached hydrogens (tertiary/aromatic N) is 3. The first-order valence-electron chi connectivity index (χ1n) is 9.13. The normalized spacial score (nSPS) is 10.6. The van der Waals surface area contributed by atoms with Crippen LogP contribution in [0.5, 0.6) is 0 Å². The number of para-hydroxylation sites is 1. The molecule has 152 valence electrons. The Labute approximate surface area is 175 Å². The minimum Gasteiger partial charge on any atom is -0.316 e. The summed E-state index contributed by atoms with van der Waals surface area (Å²) in [6.45, 7) is 0. The summed E-state index contributed by atoms with van der Waals surface area (Å²) in [7, 11) is 0. The minimum absolute atomic E-state index is 0.136. The lowest BCUT2D eigenvalue weighted by molar-refractivity contribution is -0.393. The number of fused-ring (bicyclic) bond motifs is 1. The second-order valence-electron chi connectivity index (χ2n) is 6.61. The van der Waals surface area contributed by atoms with Gasteiger partial charge in [-0.3, -0.25) is 25.0 Å². The topological polar surface area (TPSA) is 128 Å². The molecule has 0 spiro atoms. The highest BCUT2D eigenvalue weighted by molar-refractivity contribution is 6.13. The van der Waals surface area contributed by atoms with Crippen molar-refractivity contribution in [3.63, 3.8) is 0 Å². The summed E-state index contributed by atoms with van der Waals surface area (Å²) in [5, 5.41) is 25.4. The van der Waals surface area contributed by atoms with Crippen LogP contribution in [0, 0.1) is 20.2 Å². The predicted molar refractivity (Wildman–Crippen MR) is 115 cm³/mol. The van der Waals surface area contributed by atoms with Crippen molar-refractivity contribution in [1.82, 2.24) is 4.98 Å². The molecule has 1 N–H and O–H groups in total. The zero-order valence-corrected chi connectivity index (χ0v) is 15.9. The van der Waals surface area contributed by atoms with E-state index in [0.29, 0.717) is 16.6 Å². The van der Waals surface area contributed by atoms with Crippen LogP contribution in [0.1, 0.15) is 10.4 Å². The summed E-state index contributed by atoms with van der Waals surface area (Å²) in [5.41, 5.74) is 1.10. The minimum atomic E-state index is -0.775. The van der Waals surface area contributed by atoms with Crippen LogP contribution in [0.25, 0.3) is 22.2 Å². The molecule has 0 atom stereocenters. The van der Waals surface area contributed by atoms with Crippen LogP contribution in [-0.4, -0.2) is 20.7 Å². The highest BCUT2D eigenvalue weighted by Crippen LogP contribution is 2.31. The molecule has 1 amide bonds. The van der Waals surface area contributed by atoms with Crippen LogP contribution in [0.2, 0.25) is 0 Å². The third-order valence-electron chi connectivity index (χ3n) is 4.67. The van der Waals surface area contributed by atoms with Gasteiger partial charge in [-0.2, -0.15) is 0 Å². The van der Waals surface area contributed by atoms with Crippen LogP contribution < -0.4 is 5.32 Å². The number of non-ortho nitro benzene ring substituents is 1. The third-order valence-corrected chi connectivity index (χ3v) is 4.67. The number of nitrogens with one attached hydrogen (secondary N) is 1. The number of benzene rings is 3. The lowest BCUT2D eigenvalue weighted by Gasteiger charge is -2.11. The fourth-order valence-corrected chi connectivity index (χ4v) is 3.20. The van der Waals surface area contributed by atoms with E-state index in [1.54, 1.807) is 30.3 Å². The number of anilines is 1. The molecule has 9 nitrogen and oxygen atoms in total. The molecule has 31 heavy (non-hydrogen) atoms. The van der Waals surface area contributed by atoms with Gasteiger partial charge in [-0.15, -0.1) is 0 Å². The number of carbonyl (C=O) groups is 1. The van der Waals surface area contributed by atoms with Crippen molar-refractivity contribution < 1.29 is 14.6 Å². The van der Waals surface area contributed by atoms with Gasteiger partial charge < -0.3 is 5.32 Å². The Morgan fingerprint density at radius 1 is 0.839 bits per heavy atom. The molecule has 3 aromatic carbocycles. The number of rotatable bonds is 5. The first-order valence-corrected chi connectivity index (χ1v) is 9.13. The van der Waals surface area contributed by atoms with Gasteiger partial charge in [0.25, 0.3) is 17.3 Å². The average molecular weight is 414 g/mol. The summed E-state index contributed by atoms with van der Waals surface area (Å²) in [5.74, 6) is -0.590. The number of nitro groups is 2. The number of hydrogen-bond acceptors (Lipinski definition) is 6. The van der Waals surface area contributed by atoms with Gasteiger partial charge >= 0.3 is 0 Å². The van der Waals surface area contributed by atoms with Gasteiger partial charge in [-0.05, 0) is 18.2 Å². The van der Waals surface area contributed by atoms with Crippen molar-refractivity contribution in [1.29, 1.82) is 0 Å². The van der Waals surface area contributed by atoms with Gasteiger partial charge in [0, 0.05) is 17.0 Å². The first kappa shape index (κ1) is 19.6. The Kier molecular flexibility index (Phi) is 5.07. The SMILES string of the molecule is O=C(Nc1ccc([N+](=O)[O-])cc1[N+](=O)[O-])c1cc(-c2ccccc2)nc2ccccc12. The van der Waals surface area contributed by atoms with Crippen molar-refractivity contribution in [2.24, 2.45) is 0 Å². The molecule has 0 saturated carbocycles. The van der Waals surface area contributed by atoms with Gasteiger partial charge in [0.15, 0.2) is 0 Å². The number of amides is 1. The van der Waals surface area contributed by atoms with E-state index in [0.717, 1.165) is 23.8 Å². The monoisotopic (exact) mass is 414 g/mol. The Hall–Kier alpha value is -4.66. The third kappa shape index (κ3) is 3.92. The summed E-state index contributed by atoms with van der Waals surface area (Å²) in [4.78, 5) is 38.5. The summed E-state index contributed by atoms with van der Waals surface area (Å²) < 4.78 is 0. The van der Waals surface area contributed by atoms with Gasteiger partial charge in [-0.25, -0.2) is 4.98 Å². The standard InChI is InChI=1S/C22H14N4O5/c27-22(24-19-11-10-15(25(28)29)12-21(19)26(30)31)17-13-20(14-6-2-1-3-7-14)23-18-9-5-4-8-16(17)18/h1-13H,(H,24,27). The lowest BCUT2D eigenvalue weighted by Crippen LogP contribution is -2.14. The molecule has 4 rings (SSSR count). The number of nitro benzene ring substituents is 2. The van der Waals surface area contributed by atoms with E-state index in [2.05, 4.69) is 10.3 Å². The molecule has 0 aliphatic rings. The largest absolute Gasteiger partial charge is 0.316 e. The molecule has 9 heteroatoms. The Bertz CT molecular complexity index is 1340. The molecule has 1 heterocycles. The maximum atomic E-state index is 13.1. The Balaban J connectivity index is 1.80. The highest BCUT2D eigenvalue weighted by atomic mass is 16.6. The smallest absolute Gasteiger partial charge is 0.299 e. The molecular weight excluding hydrogens is 400 g/mol. The van der Waals surface area contributed by atoms with E-state index >= 15 is 0 Å². The van der Waals surface area contributed by atoms with E-state index in [1.807, 2.05) is 30.3 Å². The number of hydrogen-bond donors (Lipinski definition) is 1. The van der Waals surface area contributed by atoms with Crippen molar-refractivity contribution in [3.8, 4) is 11.3 Å². The summed E-state index contributed by atoms with van der Waals surface area (Å²) in [6.07, 6.45) is 0. The molecule has 0 bridgehead atoms. The quantitative estimate of drug-likeness (QED) is 0.363. The Morgan fingerprint density at radius 2 is 1.55 bits per heavy atom. The van der Waals surface area contributed by atoms with Crippen molar-refractivity contribution >= 4 is 33.9 Å². The van der Waals surface area contributed by atoms with Crippen molar-refractivity contribution in [2.45, 2.75) is 0 Å². The average Bonchev–Trinajstić information content (AvgIpc) is 2.78. The van der Waals surface area contributed by atoms with E-state index in [4.69, 9.17) is 0 Å². The second-order valence-corrected chi connectivity index (χ2v) is 6.61. The van der Waals surface area contributed by atoms with Crippen molar-refractivity contribution in [2.75, 3.05) is 5.32 Å². The molecule has 0 unspecified atom stereocenters. The van der Waals surface area contributed by atoms with Gasteiger partial charge in [0.1, 0.15) is 5.69 Å². The number of pyridine rings is 1. The van der Waals surface area contributed by atoms with Gasteiger partial charge in [0.2, 0.25) is 0 Å². The molecule has 0 fully saturated rings. The highest BCUT2D eigenvalue weighted by Gasteiger charge is 2.22. The zero-order chi connectivity index (χ0) is 22.0. The van der Waals surface area contributed by atoms with Crippen LogP contribution >= 0.6 is 0 Å². The first-order chi connectivity index (χ1) is 14.9. The van der Waals surface area contributed by atoms with Crippen LogP contribution in [0.15, 0.2) is 78.9 Å². The molecule has 0 aliphatic carbocycles. The number of carbonyl (C=O) groups excluding carboxylic acids is 1.